The highest BCUT2D eigenvalue weighted by Crippen LogP contribution is 2.23. The Morgan fingerprint density at radius 3 is 2.94 bits per heavy atom. The van der Waals surface area contributed by atoms with E-state index in [1.54, 1.807) is 11.9 Å². The van der Waals surface area contributed by atoms with Crippen molar-refractivity contribution in [3.05, 3.63) is 23.8 Å². The zero-order valence-corrected chi connectivity index (χ0v) is 10.4. The van der Waals surface area contributed by atoms with Crippen molar-refractivity contribution in [2.75, 3.05) is 20.1 Å². The van der Waals surface area contributed by atoms with Crippen LogP contribution in [0.5, 0.6) is 11.5 Å². The van der Waals surface area contributed by atoms with Gasteiger partial charge in [-0.3, -0.25) is 4.79 Å². The molecule has 3 N–H and O–H groups in total. The number of amides is 1. The summed E-state index contributed by atoms with van der Waals surface area (Å²) < 4.78 is 0. The topological polar surface area (TPSA) is 72.8 Å². The Bertz CT molecular complexity index is 442. The summed E-state index contributed by atoms with van der Waals surface area (Å²) in [6, 6.07) is 4.28. The summed E-state index contributed by atoms with van der Waals surface area (Å²) in [7, 11) is 1.70. The summed E-state index contributed by atoms with van der Waals surface area (Å²) in [6.45, 7) is 1.60. The van der Waals surface area contributed by atoms with Crippen molar-refractivity contribution in [3.8, 4) is 11.5 Å². The Balaban J connectivity index is 2.07. The molecule has 5 nitrogen and oxygen atoms in total. The molecular weight excluding hydrogens is 232 g/mol. The number of phenolic OH excluding ortho intramolecular Hbond substituents is 2. The van der Waals surface area contributed by atoms with Crippen LogP contribution < -0.4 is 5.32 Å². The quantitative estimate of drug-likeness (QED) is 0.698. The van der Waals surface area contributed by atoms with Crippen molar-refractivity contribution in [2.45, 2.75) is 18.9 Å². The van der Waals surface area contributed by atoms with Gasteiger partial charge >= 0.3 is 0 Å². The number of aromatic hydroxyl groups is 2. The molecule has 1 fully saturated rings. The van der Waals surface area contributed by atoms with Crippen LogP contribution in [0.2, 0.25) is 0 Å². The van der Waals surface area contributed by atoms with Gasteiger partial charge in [-0.1, -0.05) is 0 Å². The summed E-state index contributed by atoms with van der Waals surface area (Å²) in [5.41, 5.74) is 0.135. The standard InChI is InChI=1S/C13H18N2O3/c1-15(8-9-3-2-6-14-9)13(18)11-7-10(16)4-5-12(11)17/h4-5,7,9,14,16-17H,2-3,6,8H2,1H3. The molecule has 1 unspecified atom stereocenters. The molecule has 18 heavy (non-hydrogen) atoms. The number of hydrogen-bond acceptors (Lipinski definition) is 4. The Hall–Kier alpha value is -1.75. The van der Waals surface area contributed by atoms with Crippen LogP contribution in [-0.2, 0) is 0 Å². The van der Waals surface area contributed by atoms with Crippen LogP contribution in [0.3, 0.4) is 0 Å². The number of carbonyl (C=O) groups is 1. The molecule has 0 aromatic heterocycles. The second-order valence-corrected chi connectivity index (χ2v) is 4.68. The maximum atomic E-state index is 12.1. The summed E-state index contributed by atoms with van der Waals surface area (Å²) in [4.78, 5) is 13.7. The van der Waals surface area contributed by atoms with E-state index in [9.17, 15) is 15.0 Å². The maximum Gasteiger partial charge on any atom is 0.257 e. The Kier molecular flexibility index (Phi) is 3.72. The van der Waals surface area contributed by atoms with E-state index < -0.39 is 0 Å². The average molecular weight is 250 g/mol. The van der Waals surface area contributed by atoms with Gasteiger partial charge in [0.1, 0.15) is 11.5 Å². The Labute approximate surface area is 106 Å². The summed E-state index contributed by atoms with van der Waals surface area (Å²) in [6.07, 6.45) is 2.19. The predicted octanol–water partition coefficient (Wildman–Crippen LogP) is 0.922. The molecule has 98 valence electrons. The van der Waals surface area contributed by atoms with Crippen molar-refractivity contribution in [1.82, 2.24) is 10.2 Å². The Morgan fingerprint density at radius 1 is 1.50 bits per heavy atom. The first kappa shape index (κ1) is 12.7. The number of nitrogens with one attached hydrogen (secondary N) is 1. The molecule has 2 rings (SSSR count). The number of phenols is 2. The lowest BCUT2D eigenvalue weighted by molar-refractivity contribution is 0.0780. The zero-order chi connectivity index (χ0) is 13.1. The normalized spacial score (nSPS) is 18.8. The first-order valence-corrected chi connectivity index (χ1v) is 6.09. The lowest BCUT2D eigenvalue weighted by Crippen LogP contribution is -2.38. The van der Waals surface area contributed by atoms with Gasteiger partial charge in [0.2, 0.25) is 0 Å². The molecule has 0 aliphatic carbocycles. The van der Waals surface area contributed by atoms with E-state index >= 15 is 0 Å². The number of hydrogen-bond donors (Lipinski definition) is 3. The molecule has 0 radical (unpaired) electrons. The van der Waals surface area contributed by atoms with Gasteiger partial charge in [-0.15, -0.1) is 0 Å². The zero-order valence-electron chi connectivity index (χ0n) is 10.4. The van der Waals surface area contributed by atoms with E-state index in [0.717, 1.165) is 19.4 Å². The monoisotopic (exact) mass is 250 g/mol. The number of rotatable bonds is 3. The molecule has 1 amide bonds. The molecular formula is C13H18N2O3. The largest absolute Gasteiger partial charge is 0.508 e. The van der Waals surface area contributed by atoms with Gasteiger partial charge in [0, 0.05) is 19.6 Å². The number of benzene rings is 1. The fourth-order valence-electron chi connectivity index (χ4n) is 2.23. The average Bonchev–Trinajstić information content (AvgIpc) is 2.84. The van der Waals surface area contributed by atoms with E-state index in [1.807, 2.05) is 0 Å². The van der Waals surface area contributed by atoms with Crippen LogP contribution in [0.25, 0.3) is 0 Å². The predicted molar refractivity (Wildman–Crippen MR) is 67.8 cm³/mol. The summed E-state index contributed by atoms with van der Waals surface area (Å²) in [5.74, 6) is -0.412. The van der Waals surface area contributed by atoms with Crippen molar-refractivity contribution < 1.29 is 15.0 Å². The molecule has 1 heterocycles. The third-order valence-corrected chi connectivity index (χ3v) is 3.21. The van der Waals surface area contributed by atoms with Gasteiger partial charge in [-0.05, 0) is 37.6 Å². The molecule has 0 saturated carbocycles. The number of nitrogens with zero attached hydrogens (tertiary/aromatic N) is 1. The van der Waals surface area contributed by atoms with Gasteiger partial charge in [-0.2, -0.15) is 0 Å². The lowest BCUT2D eigenvalue weighted by atomic mass is 10.1. The highest BCUT2D eigenvalue weighted by molar-refractivity contribution is 5.97. The van der Waals surface area contributed by atoms with Crippen LogP contribution in [0.1, 0.15) is 23.2 Å². The molecule has 1 aromatic rings. The molecule has 1 saturated heterocycles. The summed E-state index contributed by atoms with van der Waals surface area (Å²) in [5, 5.41) is 22.3. The minimum atomic E-state index is -0.280. The van der Waals surface area contributed by atoms with Crippen molar-refractivity contribution in [1.29, 1.82) is 0 Å². The van der Waals surface area contributed by atoms with Crippen LogP contribution >= 0.6 is 0 Å². The smallest absolute Gasteiger partial charge is 0.257 e. The first-order chi connectivity index (χ1) is 8.58. The van der Waals surface area contributed by atoms with Gasteiger partial charge < -0.3 is 20.4 Å². The van der Waals surface area contributed by atoms with Gasteiger partial charge in [0.25, 0.3) is 5.91 Å². The lowest BCUT2D eigenvalue weighted by Gasteiger charge is -2.21. The number of likely N-dealkylation sites (N-methyl/N-ethyl adjacent to an activating group) is 1. The first-order valence-electron chi connectivity index (χ1n) is 6.09. The van der Waals surface area contributed by atoms with Crippen molar-refractivity contribution >= 4 is 5.91 Å². The third kappa shape index (κ3) is 2.73. The minimum absolute atomic E-state index is 0.0245. The second kappa shape index (κ2) is 5.27. The maximum absolute atomic E-state index is 12.1. The van der Waals surface area contributed by atoms with Crippen molar-refractivity contribution in [3.63, 3.8) is 0 Å². The molecule has 5 heteroatoms. The molecule has 0 bridgehead atoms. The van der Waals surface area contributed by atoms with E-state index in [2.05, 4.69) is 5.32 Å². The van der Waals surface area contributed by atoms with Crippen LogP contribution in [0, 0.1) is 0 Å². The van der Waals surface area contributed by atoms with Gasteiger partial charge in [0.15, 0.2) is 0 Å². The molecule has 1 aliphatic rings. The minimum Gasteiger partial charge on any atom is -0.508 e. The second-order valence-electron chi connectivity index (χ2n) is 4.68. The molecule has 1 atom stereocenters. The molecule has 1 aromatic carbocycles. The van der Waals surface area contributed by atoms with E-state index in [1.165, 1.54) is 18.2 Å². The molecule has 1 aliphatic heterocycles. The third-order valence-electron chi connectivity index (χ3n) is 3.21. The molecule has 0 spiro atoms. The SMILES string of the molecule is CN(CC1CCCN1)C(=O)c1cc(O)ccc1O. The highest BCUT2D eigenvalue weighted by atomic mass is 16.3. The summed E-state index contributed by atoms with van der Waals surface area (Å²) >= 11 is 0. The van der Waals surface area contributed by atoms with Crippen LogP contribution in [-0.4, -0.2) is 47.2 Å². The Morgan fingerprint density at radius 2 is 2.28 bits per heavy atom. The van der Waals surface area contributed by atoms with Gasteiger partial charge in [0.05, 0.1) is 5.56 Å². The highest BCUT2D eigenvalue weighted by Gasteiger charge is 2.21. The van der Waals surface area contributed by atoms with Crippen molar-refractivity contribution in [2.24, 2.45) is 0 Å². The van der Waals surface area contributed by atoms with Gasteiger partial charge in [-0.25, -0.2) is 0 Å². The van der Waals surface area contributed by atoms with Crippen LogP contribution in [0.4, 0.5) is 0 Å². The van der Waals surface area contributed by atoms with E-state index in [-0.39, 0.29) is 23.0 Å². The fourth-order valence-corrected chi connectivity index (χ4v) is 2.23. The number of carbonyl (C=O) groups excluding carboxylic acids is 1. The van der Waals surface area contributed by atoms with E-state index in [4.69, 9.17) is 0 Å². The van der Waals surface area contributed by atoms with E-state index in [0.29, 0.717) is 12.6 Å². The fraction of sp³-hybridized carbons (Fsp3) is 0.462. The van der Waals surface area contributed by atoms with Crippen LogP contribution in [0.15, 0.2) is 18.2 Å².